The number of hydrogen-bond donors (Lipinski definition) is 0. The molecule has 1 saturated heterocycles. The SMILES string of the molecule is c1ccc(-n2ncc(CN3CCO[C@@H](c4nccs4)C3)n2)cc1. The Kier molecular flexibility index (Phi) is 4.14. The average molecular weight is 327 g/mol. The molecule has 1 aliphatic heterocycles. The molecule has 0 saturated carbocycles. The molecule has 1 aliphatic rings. The third kappa shape index (κ3) is 3.31. The highest BCUT2D eigenvalue weighted by Crippen LogP contribution is 2.24. The van der Waals surface area contributed by atoms with Gasteiger partial charge in [-0.25, -0.2) is 4.98 Å². The zero-order valence-electron chi connectivity index (χ0n) is 12.6. The van der Waals surface area contributed by atoms with Gasteiger partial charge in [0.25, 0.3) is 0 Å². The maximum Gasteiger partial charge on any atom is 0.123 e. The molecule has 7 heteroatoms. The minimum absolute atomic E-state index is 0.0629. The number of ether oxygens (including phenoxy) is 1. The number of para-hydroxylation sites is 1. The van der Waals surface area contributed by atoms with Gasteiger partial charge < -0.3 is 4.74 Å². The summed E-state index contributed by atoms with van der Waals surface area (Å²) in [5.74, 6) is 0. The normalized spacial score (nSPS) is 19.0. The number of rotatable bonds is 4. The van der Waals surface area contributed by atoms with Crippen molar-refractivity contribution in [3.05, 3.63) is 58.8 Å². The van der Waals surface area contributed by atoms with Gasteiger partial charge in [0.05, 0.1) is 24.2 Å². The zero-order valence-corrected chi connectivity index (χ0v) is 13.4. The van der Waals surface area contributed by atoms with E-state index < -0.39 is 0 Å². The molecular weight excluding hydrogens is 310 g/mol. The van der Waals surface area contributed by atoms with Gasteiger partial charge in [-0.1, -0.05) is 18.2 Å². The van der Waals surface area contributed by atoms with Crippen molar-refractivity contribution in [2.75, 3.05) is 19.7 Å². The van der Waals surface area contributed by atoms with Gasteiger partial charge in [0.2, 0.25) is 0 Å². The molecule has 0 amide bonds. The molecule has 0 N–H and O–H groups in total. The Morgan fingerprint density at radius 2 is 2.17 bits per heavy atom. The summed E-state index contributed by atoms with van der Waals surface area (Å²) in [4.78, 5) is 8.38. The van der Waals surface area contributed by atoms with Crippen LogP contribution in [-0.2, 0) is 11.3 Å². The van der Waals surface area contributed by atoms with Gasteiger partial charge in [-0.3, -0.25) is 4.90 Å². The van der Waals surface area contributed by atoms with Crippen LogP contribution in [0.3, 0.4) is 0 Å². The molecule has 3 heterocycles. The van der Waals surface area contributed by atoms with E-state index in [1.807, 2.05) is 48.1 Å². The predicted octanol–water partition coefficient (Wildman–Crippen LogP) is 2.30. The molecule has 2 aromatic heterocycles. The van der Waals surface area contributed by atoms with Crippen LogP contribution in [0.25, 0.3) is 5.69 Å². The first-order valence-electron chi connectivity index (χ1n) is 7.58. The van der Waals surface area contributed by atoms with Gasteiger partial charge >= 0.3 is 0 Å². The van der Waals surface area contributed by atoms with E-state index in [9.17, 15) is 0 Å². The molecule has 118 valence electrons. The van der Waals surface area contributed by atoms with Crippen molar-refractivity contribution in [3.63, 3.8) is 0 Å². The predicted molar refractivity (Wildman–Crippen MR) is 87.4 cm³/mol. The Morgan fingerprint density at radius 1 is 1.26 bits per heavy atom. The molecule has 0 unspecified atom stereocenters. The summed E-state index contributed by atoms with van der Waals surface area (Å²) in [6.45, 7) is 3.24. The second-order valence-electron chi connectivity index (χ2n) is 5.43. The molecule has 0 aliphatic carbocycles. The lowest BCUT2D eigenvalue weighted by atomic mass is 10.2. The fourth-order valence-electron chi connectivity index (χ4n) is 2.67. The Balaban J connectivity index is 1.43. The van der Waals surface area contributed by atoms with Crippen molar-refractivity contribution in [3.8, 4) is 5.69 Å². The van der Waals surface area contributed by atoms with E-state index >= 15 is 0 Å². The largest absolute Gasteiger partial charge is 0.368 e. The highest BCUT2D eigenvalue weighted by molar-refractivity contribution is 7.09. The number of morpholine rings is 1. The molecule has 6 nitrogen and oxygen atoms in total. The van der Waals surface area contributed by atoms with E-state index in [0.29, 0.717) is 0 Å². The summed E-state index contributed by atoms with van der Waals surface area (Å²) in [7, 11) is 0. The standard InChI is InChI=1S/C16H17N5OS/c1-2-4-14(5-3-1)21-18-10-13(19-21)11-20-7-8-22-15(12-20)16-17-6-9-23-16/h1-6,9-10,15H,7-8,11-12H2/t15-/m1/s1. The topological polar surface area (TPSA) is 56.1 Å². The molecular formula is C16H17N5OS. The van der Waals surface area contributed by atoms with Gasteiger partial charge in [-0.15, -0.1) is 11.3 Å². The first-order chi connectivity index (χ1) is 11.4. The van der Waals surface area contributed by atoms with Crippen molar-refractivity contribution in [1.29, 1.82) is 0 Å². The molecule has 0 bridgehead atoms. The van der Waals surface area contributed by atoms with Crippen molar-refractivity contribution >= 4 is 11.3 Å². The third-order valence-electron chi connectivity index (χ3n) is 3.79. The summed E-state index contributed by atoms with van der Waals surface area (Å²) in [5, 5.41) is 12.0. The Labute approximate surface area is 138 Å². The number of benzene rings is 1. The number of nitrogens with zero attached hydrogens (tertiary/aromatic N) is 5. The molecule has 0 spiro atoms. The average Bonchev–Trinajstić information content (AvgIpc) is 3.28. The van der Waals surface area contributed by atoms with Crippen LogP contribution < -0.4 is 0 Å². The first-order valence-corrected chi connectivity index (χ1v) is 8.46. The minimum atomic E-state index is 0.0629. The number of aromatic nitrogens is 4. The lowest BCUT2D eigenvalue weighted by Gasteiger charge is -2.31. The van der Waals surface area contributed by atoms with E-state index in [1.165, 1.54) is 0 Å². The highest BCUT2D eigenvalue weighted by atomic mass is 32.1. The van der Waals surface area contributed by atoms with Crippen molar-refractivity contribution in [2.24, 2.45) is 0 Å². The van der Waals surface area contributed by atoms with Crippen molar-refractivity contribution in [2.45, 2.75) is 12.6 Å². The quantitative estimate of drug-likeness (QED) is 0.736. The van der Waals surface area contributed by atoms with Crippen molar-refractivity contribution in [1.82, 2.24) is 24.9 Å². The van der Waals surface area contributed by atoms with Gasteiger partial charge in [-0.2, -0.15) is 15.0 Å². The molecule has 4 rings (SSSR count). The fraction of sp³-hybridized carbons (Fsp3) is 0.312. The Bertz CT molecular complexity index is 743. The lowest BCUT2D eigenvalue weighted by Crippen LogP contribution is -2.37. The number of thiazole rings is 1. The van der Waals surface area contributed by atoms with E-state index in [4.69, 9.17) is 4.74 Å². The van der Waals surface area contributed by atoms with Crippen LogP contribution in [0.5, 0.6) is 0 Å². The van der Waals surface area contributed by atoms with Crippen molar-refractivity contribution < 1.29 is 4.74 Å². The van der Waals surface area contributed by atoms with Crippen LogP contribution >= 0.6 is 11.3 Å². The molecule has 1 aromatic carbocycles. The van der Waals surface area contributed by atoms with Crippen LogP contribution in [-0.4, -0.2) is 44.6 Å². The highest BCUT2D eigenvalue weighted by Gasteiger charge is 2.24. The smallest absolute Gasteiger partial charge is 0.123 e. The molecule has 23 heavy (non-hydrogen) atoms. The summed E-state index contributed by atoms with van der Waals surface area (Å²) in [5.41, 5.74) is 1.94. The maximum atomic E-state index is 5.83. The van der Waals surface area contributed by atoms with E-state index in [2.05, 4.69) is 20.1 Å². The number of hydrogen-bond acceptors (Lipinski definition) is 6. The van der Waals surface area contributed by atoms with Gasteiger partial charge in [0, 0.05) is 31.2 Å². The first kappa shape index (κ1) is 14.5. The van der Waals surface area contributed by atoms with Crippen LogP contribution in [0, 0.1) is 0 Å². The van der Waals surface area contributed by atoms with Gasteiger partial charge in [-0.05, 0) is 12.1 Å². The maximum absolute atomic E-state index is 5.83. The molecule has 1 atom stereocenters. The Morgan fingerprint density at radius 3 is 3.00 bits per heavy atom. The van der Waals surface area contributed by atoms with Gasteiger partial charge in [0.1, 0.15) is 11.1 Å². The molecule has 1 fully saturated rings. The van der Waals surface area contributed by atoms with Gasteiger partial charge in [0.15, 0.2) is 0 Å². The Hall–Kier alpha value is -2.09. The summed E-state index contributed by atoms with van der Waals surface area (Å²) < 4.78 is 5.83. The van der Waals surface area contributed by atoms with E-state index in [1.54, 1.807) is 16.1 Å². The zero-order chi connectivity index (χ0) is 15.5. The monoisotopic (exact) mass is 327 g/mol. The minimum Gasteiger partial charge on any atom is -0.368 e. The van der Waals surface area contributed by atoms with Crippen LogP contribution in [0.1, 0.15) is 16.8 Å². The molecule has 0 radical (unpaired) electrons. The van der Waals surface area contributed by atoms with E-state index in [0.717, 1.165) is 42.6 Å². The lowest BCUT2D eigenvalue weighted by molar-refractivity contribution is -0.0333. The van der Waals surface area contributed by atoms with Crippen LogP contribution in [0.2, 0.25) is 0 Å². The summed E-state index contributed by atoms with van der Waals surface area (Å²) in [6, 6.07) is 9.95. The molecule has 3 aromatic rings. The van der Waals surface area contributed by atoms with Crippen LogP contribution in [0.4, 0.5) is 0 Å². The third-order valence-corrected chi connectivity index (χ3v) is 4.66. The second-order valence-corrected chi connectivity index (χ2v) is 6.35. The van der Waals surface area contributed by atoms with Crippen LogP contribution in [0.15, 0.2) is 48.1 Å². The summed E-state index contributed by atoms with van der Waals surface area (Å²) in [6.07, 6.45) is 3.72. The second kappa shape index (κ2) is 6.57. The fourth-order valence-corrected chi connectivity index (χ4v) is 3.35. The van der Waals surface area contributed by atoms with E-state index in [-0.39, 0.29) is 6.10 Å². The summed E-state index contributed by atoms with van der Waals surface area (Å²) >= 11 is 1.64.